The normalized spacial score (nSPS) is 17.8. The topological polar surface area (TPSA) is 118 Å². The monoisotopic (exact) mass is 460 g/mol. The van der Waals surface area contributed by atoms with Crippen molar-refractivity contribution in [3.63, 3.8) is 0 Å². The molecule has 0 unspecified atom stereocenters. The summed E-state index contributed by atoms with van der Waals surface area (Å²) in [4.78, 5) is 23.4. The molecule has 1 amide bonds. The smallest absolute Gasteiger partial charge is 0.406 e. The Labute approximate surface area is 188 Å². The number of benzene rings is 2. The highest BCUT2D eigenvalue weighted by Crippen LogP contribution is 2.39. The van der Waals surface area contributed by atoms with E-state index in [4.69, 9.17) is 11.5 Å². The molecule has 0 bridgehead atoms. The highest BCUT2D eigenvalue weighted by atomic mass is 19.4. The van der Waals surface area contributed by atoms with Crippen LogP contribution in [0.25, 0.3) is 0 Å². The second kappa shape index (κ2) is 8.64. The van der Waals surface area contributed by atoms with Gasteiger partial charge in [-0.2, -0.15) is 4.99 Å². The number of nitrogens with two attached hydrogens (primary N) is 2. The predicted molar refractivity (Wildman–Crippen MR) is 119 cm³/mol. The van der Waals surface area contributed by atoms with Crippen LogP contribution < -0.4 is 26.4 Å². The fourth-order valence-corrected chi connectivity index (χ4v) is 4.22. The minimum atomic E-state index is -4.78. The van der Waals surface area contributed by atoms with Gasteiger partial charge in [0.2, 0.25) is 11.9 Å². The average molecular weight is 460 g/mol. The lowest BCUT2D eigenvalue weighted by Gasteiger charge is -2.45. The van der Waals surface area contributed by atoms with E-state index in [1.54, 1.807) is 18.2 Å². The van der Waals surface area contributed by atoms with Gasteiger partial charge in [0, 0.05) is 16.9 Å². The molecule has 1 aliphatic carbocycles. The molecule has 1 aliphatic heterocycles. The lowest BCUT2D eigenvalue weighted by atomic mass is 9.87. The second-order valence-electron chi connectivity index (χ2n) is 7.90. The van der Waals surface area contributed by atoms with Crippen molar-refractivity contribution >= 4 is 29.2 Å². The van der Waals surface area contributed by atoms with Crippen LogP contribution in [0.5, 0.6) is 5.75 Å². The van der Waals surface area contributed by atoms with E-state index in [0.717, 1.165) is 44.2 Å². The van der Waals surface area contributed by atoms with E-state index in [2.05, 4.69) is 20.0 Å². The van der Waals surface area contributed by atoms with Gasteiger partial charge in [0.1, 0.15) is 11.4 Å². The van der Waals surface area contributed by atoms with Crippen LogP contribution in [0.1, 0.15) is 42.5 Å². The third-order valence-corrected chi connectivity index (χ3v) is 5.56. The van der Waals surface area contributed by atoms with Crippen molar-refractivity contribution in [1.82, 2.24) is 0 Å². The molecule has 1 heterocycles. The molecule has 2 aliphatic rings. The van der Waals surface area contributed by atoms with Gasteiger partial charge in [-0.15, -0.1) is 13.2 Å². The molecule has 33 heavy (non-hydrogen) atoms. The third kappa shape index (κ3) is 5.02. The standard InChI is InChI=1S/C22H23F3N6O2/c23-22(24,25)33-17-9-7-15(8-10-17)28-18(32)14-5-4-6-16(13-14)31-20(27)29-19(26)30-21(31)11-2-1-3-12-21/h4-10,13H,1-3,11-12H2,(H,28,32)(H4,26,27,29,30). The number of alkyl halides is 3. The summed E-state index contributed by atoms with van der Waals surface area (Å²) in [5, 5.41) is 2.66. The predicted octanol–water partition coefficient (Wildman–Crippen LogP) is 3.95. The Morgan fingerprint density at radius 1 is 1.06 bits per heavy atom. The first kappa shape index (κ1) is 22.4. The number of aliphatic imine (C=N–C) groups is 2. The molecule has 5 N–H and O–H groups in total. The number of carbonyl (C=O) groups excluding carboxylic acids is 1. The highest BCUT2D eigenvalue weighted by Gasteiger charge is 2.42. The molecule has 0 atom stereocenters. The van der Waals surface area contributed by atoms with Crippen LogP contribution in [-0.2, 0) is 0 Å². The van der Waals surface area contributed by atoms with Crippen LogP contribution >= 0.6 is 0 Å². The molecule has 8 nitrogen and oxygen atoms in total. The first-order valence-corrected chi connectivity index (χ1v) is 10.4. The van der Waals surface area contributed by atoms with Crippen molar-refractivity contribution in [3.8, 4) is 5.75 Å². The van der Waals surface area contributed by atoms with Gasteiger partial charge in [0.15, 0.2) is 0 Å². The van der Waals surface area contributed by atoms with E-state index in [0.29, 0.717) is 16.9 Å². The van der Waals surface area contributed by atoms with Crippen LogP contribution in [-0.4, -0.2) is 29.9 Å². The average Bonchev–Trinajstić information content (AvgIpc) is 2.74. The van der Waals surface area contributed by atoms with E-state index in [-0.39, 0.29) is 17.7 Å². The zero-order chi connectivity index (χ0) is 23.6. The van der Waals surface area contributed by atoms with E-state index in [1.165, 1.54) is 12.1 Å². The Kier molecular flexibility index (Phi) is 5.88. The lowest BCUT2D eigenvalue weighted by molar-refractivity contribution is -0.274. The molecule has 4 rings (SSSR count). The van der Waals surface area contributed by atoms with Crippen molar-refractivity contribution in [2.45, 2.75) is 44.1 Å². The largest absolute Gasteiger partial charge is 0.573 e. The zero-order valence-electron chi connectivity index (χ0n) is 17.6. The summed E-state index contributed by atoms with van der Waals surface area (Å²) in [6.45, 7) is 0. The van der Waals surface area contributed by atoms with Gasteiger partial charge in [-0.1, -0.05) is 12.5 Å². The lowest BCUT2D eigenvalue weighted by Crippen LogP contribution is -2.58. The van der Waals surface area contributed by atoms with Crippen LogP contribution in [0.2, 0.25) is 0 Å². The third-order valence-electron chi connectivity index (χ3n) is 5.56. The number of halogens is 3. The number of rotatable bonds is 4. The molecule has 2 aromatic carbocycles. The van der Waals surface area contributed by atoms with E-state index >= 15 is 0 Å². The number of anilines is 2. The van der Waals surface area contributed by atoms with Crippen molar-refractivity contribution in [1.29, 1.82) is 0 Å². The molecule has 1 spiro atoms. The molecule has 1 saturated carbocycles. The van der Waals surface area contributed by atoms with Crippen molar-refractivity contribution in [2.24, 2.45) is 21.5 Å². The number of carbonyl (C=O) groups is 1. The van der Waals surface area contributed by atoms with Crippen LogP contribution in [0, 0.1) is 0 Å². The minimum absolute atomic E-state index is 0.137. The Bertz CT molecular complexity index is 1090. The fraction of sp³-hybridized carbons (Fsp3) is 0.318. The number of amides is 1. The summed E-state index contributed by atoms with van der Waals surface area (Å²) in [5.74, 6) is -0.464. The summed E-state index contributed by atoms with van der Waals surface area (Å²) >= 11 is 0. The molecule has 1 fully saturated rings. The SMILES string of the molecule is NC1=NC2(CCCCC2)N(c2cccc(C(=O)Nc3ccc(OC(F)(F)F)cc3)c2)C(N)=N1. The van der Waals surface area contributed by atoms with Crippen LogP contribution in [0.3, 0.4) is 0 Å². The number of ether oxygens (including phenoxy) is 1. The van der Waals surface area contributed by atoms with Gasteiger partial charge < -0.3 is 21.5 Å². The summed E-state index contributed by atoms with van der Waals surface area (Å²) in [5.41, 5.74) is 12.8. The summed E-state index contributed by atoms with van der Waals surface area (Å²) in [6, 6.07) is 11.7. The number of nitrogens with zero attached hydrogens (tertiary/aromatic N) is 3. The van der Waals surface area contributed by atoms with Crippen molar-refractivity contribution in [3.05, 3.63) is 54.1 Å². The Morgan fingerprint density at radius 3 is 2.42 bits per heavy atom. The summed E-state index contributed by atoms with van der Waals surface area (Å²) in [7, 11) is 0. The number of hydrogen-bond acceptors (Lipinski definition) is 7. The molecular formula is C22H23F3N6O2. The van der Waals surface area contributed by atoms with E-state index in [1.807, 2.05) is 11.0 Å². The number of guanidine groups is 2. The fourth-order valence-electron chi connectivity index (χ4n) is 4.22. The molecule has 0 aromatic heterocycles. The minimum Gasteiger partial charge on any atom is -0.406 e. The van der Waals surface area contributed by atoms with Crippen LogP contribution in [0.4, 0.5) is 24.5 Å². The maximum absolute atomic E-state index is 12.8. The maximum atomic E-state index is 12.8. The highest BCUT2D eigenvalue weighted by molar-refractivity contribution is 6.08. The Balaban J connectivity index is 1.55. The zero-order valence-corrected chi connectivity index (χ0v) is 17.6. The second-order valence-corrected chi connectivity index (χ2v) is 7.90. The Morgan fingerprint density at radius 2 is 1.76 bits per heavy atom. The van der Waals surface area contributed by atoms with Crippen molar-refractivity contribution < 1.29 is 22.7 Å². The van der Waals surface area contributed by atoms with E-state index in [9.17, 15) is 18.0 Å². The number of hydrogen-bond donors (Lipinski definition) is 3. The Hall–Kier alpha value is -3.76. The quantitative estimate of drug-likeness (QED) is 0.639. The summed E-state index contributed by atoms with van der Waals surface area (Å²) in [6.07, 6.45) is -0.241. The van der Waals surface area contributed by atoms with E-state index < -0.39 is 17.9 Å². The number of nitrogens with one attached hydrogen (secondary N) is 1. The maximum Gasteiger partial charge on any atom is 0.573 e. The molecular weight excluding hydrogens is 437 g/mol. The molecule has 2 aromatic rings. The van der Waals surface area contributed by atoms with Gasteiger partial charge in [-0.25, -0.2) is 4.99 Å². The molecule has 174 valence electrons. The van der Waals surface area contributed by atoms with Gasteiger partial charge in [-0.05, 0) is 68.1 Å². The van der Waals surface area contributed by atoms with Gasteiger partial charge in [-0.3, -0.25) is 9.69 Å². The van der Waals surface area contributed by atoms with Gasteiger partial charge in [0.25, 0.3) is 5.91 Å². The first-order valence-electron chi connectivity index (χ1n) is 10.4. The van der Waals surface area contributed by atoms with Gasteiger partial charge in [0.05, 0.1) is 0 Å². The molecule has 0 radical (unpaired) electrons. The molecule has 11 heteroatoms. The first-order chi connectivity index (χ1) is 15.7. The van der Waals surface area contributed by atoms with Gasteiger partial charge >= 0.3 is 6.36 Å². The summed E-state index contributed by atoms with van der Waals surface area (Å²) < 4.78 is 40.8. The van der Waals surface area contributed by atoms with Crippen LogP contribution in [0.15, 0.2) is 58.5 Å². The molecule has 0 saturated heterocycles. The van der Waals surface area contributed by atoms with Crippen molar-refractivity contribution in [2.75, 3.05) is 10.2 Å².